The molecular weight excluding hydrogens is 305 g/mol. The largest absolute Gasteiger partial charge is 0.352 e. The fourth-order valence-corrected chi connectivity index (χ4v) is 3.80. The lowest BCUT2D eigenvalue weighted by Gasteiger charge is -2.34. The first-order valence-electron chi connectivity index (χ1n) is 9.06. The van der Waals surface area contributed by atoms with E-state index in [0.29, 0.717) is 6.04 Å². The SMILES string of the molecule is CN1CCC[C@@H](NC(=O)C2CCN(Cc3ccc(F)cc3)CC2)C1. The van der Waals surface area contributed by atoms with E-state index >= 15 is 0 Å². The number of halogens is 1. The van der Waals surface area contributed by atoms with Crippen molar-refractivity contribution in [3.8, 4) is 0 Å². The average Bonchev–Trinajstić information content (AvgIpc) is 2.57. The Balaban J connectivity index is 1.42. The van der Waals surface area contributed by atoms with E-state index < -0.39 is 0 Å². The third-order valence-electron chi connectivity index (χ3n) is 5.25. The second-order valence-corrected chi connectivity index (χ2v) is 7.29. The van der Waals surface area contributed by atoms with E-state index in [2.05, 4.69) is 22.2 Å². The van der Waals surface area contributed by atoms with E-state index in [-0.39, 0.29) is 17.6 Å². The molecule has 2 fully saturated rings. The molecule has 0 radical (unpaired) electrons. The zero-order valence-electron chi connectivity index (χ0n) is 14.5. The second kappa shape index (κ2) is 8.08. The van der Waals surface area contributed by atoms with Crippen molar-refractivity contribution in [2.45, 2.75) is 38.3 Å². The van der Waals surface area contributed by atoms with Gasteiger partial charge in [0, 0.05) is 25.0 Å². The molecule has 0 bridgehead atoms. The van der Waals surface area contributed by atoms with Gasteiger partial charge in [-0.1, -0.05) is 12.1 Å². The van der Waals surface area contributed by atoms with E-state index in [0.717, 1.165) is 64.0 Å². The molecule has 5 heteroatoms. The number of amides is 1. The van der Waals surface area contributed by atoms with E-state index in [1.54, 1.807) is 0 Å². The van der Waals surface area contributed by atoms with Crippen LogP contribution in [-0.4, -0.2) is 55.0 Å². The molecule has 2 heterocycles. The summed E-state index contributed by atoms with van der Waals surface area (Å²) in [6.45, 7) is 4.80. The maximum Gasteiger partial charge on any atom is 0.223 e. The van der Waals surface area contributed by atoms with Crippen molar-refractivity contribution in [1.29, 1.82) is 0 Å². The second-order valence-electron chi connectivity index (χ2n) is 7.29. The quantitative estimate of drug-likeness (QED) is 0.918. The van der Waals surface area contributed by atoms with Crippen molar-refractivity contribution in [1.82, 2.24) is 15.1 Å². The van der Waals surface area contributed by atoms with Crippen LogP contribution in [0.2, 0.25) is 0 Å². The molecule has 0 unspecified atom stereocenters. The van der Waals surface area contributed by atoms with Crippen LogP contribution >= 0.6 is 0 Å². The summed E-state index contributed by atoms with van der Waals surface area (Å²) in [5, 5.41) is 3.25. The van der Waals surface area contributed by atoms with Crippen molar-refractivity contribution in [3.63, 3.8) is 0 Å². The summed E-state index contributed by atoms with van der Waals surface area (Å²) in [6, 6.07) is 7.02. The number of rotatable bonds is 4. The number of carbonyl (C=O) groups excluding carboxylic acids is 1. The van der Waals surface area contributed by atoms with Gasteiger partial charge in [0.1, 0.15) is 5.82 Å². The Kier molecular flexibility index (Phi) is 5.85. The lowest BCUT2D eigenvalue weighted by Crippen LogP contribution is -2.49. The topological polar surface area (TPSA) is 35.6 Å². The Morgan fingerprint density at radius 3 is 2.54 bits per heavy atom. The molecule has 24 heavy (non-hydrogen) atoms. The molecule has 4 nitrogen and oxygen atoms in total. The first-order chi connectivity index (χ1) is 11.6. The minimum atomic E-state index is -0.192. The summed E-state index contributed by atoms with van der Waals surface area (Å²) >= 11 is 0. The van der Waals surface area contributed by atoms with Gasteiger partial charge in [-0.05, 0) is 70.1 Å². The maximum absolute atomic E-state index is 13.0. The third-order valence-corrected chi connectivity index (χ3v) is 5.25. The van der Waals surface area contributed by atoms with Gasteiger partial charge in [0.05, 0.1) is 0 Å². The Labute approximate surface area is 144 Å². The van der Waals surface area contributed by atoms with Gasteiger partial charge in [-0.15, -0.1) is 0 Å². The van der Waals surface area contributed by atoms with Crippen molar-refractivity contribution in [3.05, 3.63) is 35.6 Å². The van der Waals surface area contributed by atoms with Crippen LogP contribution in [0.4, 0.5) is 4.39 Å². The molecular formula is C19H28FN3O. The molecule has 2 aliphatic rings. The average molecular weight is 333 g/mol. The van der Waals surface area contributed by atoms with E-state index in [1.165, 1.54) is 12.1 Å². The van der Waals surface area contributed by atoms with Crippen molar-refractivity contribution in [2.24, 2.45) is 5.92 Å². The van der Waals surface area contributed by atoms with Gasteiger partial charge in [-0.2, -0.15) is 0 Å². The number of piperidine rings is 2. The van der Waals surface area contributed by atoms with Crippen LogP contribution in [0.25, 0.3) is 0 Å². The molecule has 0 spiro atoms. The van der Waals surface area contributed by atoms with Crippen LogP contribution in [0.1, 0.15) is 31.2 Å². The van der Waals surface area contributed by atoms with Crippen LogP contribution in [-0.2, 0) is 11.3 Å². The summed E-state index contributed by atoms with van der Waals surface area (Å²) in [5.74, 6) is 0.181. The highest BCUT2D eigenvalue weighted by Crippen LogP contribution is 2.20. The zero-order valence-corrected chi connectivity index (χ0v) is 14.5. The van der Waals surface area contributed by atoms with Crippen molar-refractivity contribution < 1.29 is 9.18 Å². The minimum Gasteiger partial charge on any atom is -0.352 e. The number of likely N-dealkylation sites (N-methyl/N-ethyl adjacent to an activating group) is 1. The van der Waals surface area contributed by atoms with Gasteiger partial charge in [0.25, 0.3) is 0 Å². The van der Waals surface area contributed by atoms with Gasteiger partial charge in [0.2, 0.25) is 5.91 Å². The van der Waals surface area contributed by atoms with E-state index in [4.69, 9.17) is 0 Å². The molecule has 0 aromatic heterocycles. The number of hydrogen-bond donors (Lipinski definition) is 1. The number of benzene rings is 1. The summed E-state index contributed by atoms with van der Waals surface area (Å²) in [4.78, 5) is 17.1. The number of carbonyl (C=O) groups is 1. The molecule has 1 N–H and O–H groups in total. The van der Waals surface area contributed by atoms with Crippen molar-refractivity contribution in [2.75, 3.05) is 33.2 Å². The fraction of sp³-hybridized carbons (Fsp3) is 0.632. The number of nitrogens with one attached hydrogen (secondary N) is 1. The van der Waals surface area contributed by atoms with Crippen LogP contribution in [0.15, 0.2) is 24.3 Å². The predicted octanol–water partition coefficient (Wildman–Crippen LogP) is 2.25. The number of likely N-dealkylation sites (tertiary alicyclic amines) is 2. The van der Waals surface area contributed by atoms with E-state index in [1.807, 2.05) is 12.1 Å². The highest BCUT2D eigenvalue weighted by molar-refractivity contribution is 5.79. The standard InChI is InChI=1S/C19H28FN3O/c1-22-10-2-3-18(14-22)21-19(24)16-8-11-23(12-9-16)13-15-4-6-17(20)7-5-15/h4-7,16,18H,2-3,8-14H2,1H3,(H,21,24)/t18-/m1/s1. The first kappa shape index (κ1) is 17.4. The van der Waals surface area contributed by atoms with Crippen LogP contribution in [0.3, 0.4) is 0 Å². The highest BCUT2D eigenvalue weighted by atomic mass is 19.1. The van der Waals surface area contributed by atoms with Gasteiger partial charge in [-0.3, -0.25) is 9.69 Å². The number of nitrogens with zero attached hydrogens (tertiary/aromatic N) is 2. The summed E-state index contributed by atoms with van der Waals surface area (Å²) < 4.78 is 13.0. The lowest BCUT2D eigenvalue weighted by molar-refractivity contribution is -0.127. The first-order valence-corrected chi connectivity index (χ1v) is 9.06. The Morgan fingerprint density at radius 2 is 1.88 bits per heavy atom. The van der Waals surface area contributed by atoms with Gasteiger partial charge >= 0.3 is 0 Å². The van der Waals surface area contributed by atoms with Gasteiger partial charge in [-0.25, -0.2) is 4.39 Å². The fourth-order valence-electron chi connectivity index (χ4n) is 3.80. The summed E-state index contributed by atoms with van der Waals surface area (Å²) in [7, 11) is 2.12. The lowest BCUT2D eigenvalue weighted by atomic mass is 9.94. The Morgan fingerprint density at radius 1 is 1.17 bits per heavy atom. The molecule has 1 aromatic carbocycles. The molecule has 1 amide bonds. The Bertz CT molecular complexity index is 540. The monoisotopic (exact) mass is 333 g/mol. The van der Waals surface area contributed by atoms with Gasteiger partial charge in [0.15, 0.2) is 0 Å². The minimum absolute atomic E-state index is 0.140. The van der Waals surface area contributed by atoms with E-state index in [9.17, 15) is 9.18 Å². The summed E-state index contributed by atoms with van der Waals surface area (Å²) in [5.41, 5.74) is 1.13. The predicted molar refractivity (Wildman–Crippen MR) is 93.1 cm³/mol. The normalized spacial score (nSPS) is 24.0. The third kappa shape index (κ3) is 4.77. The maximum atomic E-state index is 13.0. The molecule has 1 atom stereocenters. The smallest absolute Gasteiger partial charge is 0.223 e. The van der Waals surface area contributed by atoms with Crippen LogP contribution < -0.4 is 5.32 Å². The molecule has 2 saturated heterocycles. The zero-order chi connectivity index (χ0) is 16.9. The number of hydrogen-bond acceptors (Lipinski definition) is 3. The van der Waals surface area contributed by atoms with Gasteiger partial charge < -0.3 is 10.2 Å². The summed E-state index contributed by atoms with van der Waals surface area (Å²) in [6.07, 6.45) is 4.09. The highest BCUT2D eigenvalue weighted by Gasteiger charge is 2.27. The van der Waals surface area contributed by atoms with Crippen molar-refractivity contribution >= 4 is 5.91 Å². The molecule has 3 rings (SSSR count). The molecule has 0 aliphatic carbocycles. The Hall–Kier alpha value is -1.46. The van der Waals surface area contributed by atoms with Crippen LogP contribution in [0.5, 0.6) is 0 Å². The molecule has 1 aromatic rings. The molecule has 132 valence electrons. The molecule has 0 saturated carbocycles. The molecule has 2 aliphatic heterocycles. The van der Waals surface area contributed by atoms with Crippen LogP contribution in [0, 0.1) is 11.7 Å².